The summed E-state index contributed by atoms with van der Waals surface area (Å²) in [6.45, 7) is 0.273. The van der Waals surface area contributed by atoms with Gasteiger partial charge in [0.15, 0.2) is 0 Å². The van der Waals surface area contributed by atoms with Crippen LogP contribution in [-0.4, -0.2) is 46.5 Å². The van der Waals surface area contributed by atoms with Gasteiger partial charge in [-0.1, -0.05) is 12.1 Å². The molecule has 0 saturated heterocycles. The Bertz CT molecular complexity index is 559. The Labute approximate surface area is 118 Å². The molecule has 8 nitrogen and oxygen atoms in total. The summed E-state index contributed by atoms with van der Waals surface area (Å²) in [5.41, 5.74) is 2.63. The normalized spacial score (nSPS) is 10.9. The third-order valence-corrected chi connectivity index (χ3v) is 3.95. The van der Waals surface area contributed by atoms with E-state index >= 15 is 0 Å². The predicted octanol–water partition coefficient (Wildman–Crippen LogP) is -0.478. The fraction of sp³-hybridized carbons (Fsp3) is 0.364. The van der Waals surface area contributed by atoms with Crippen molar-refractivity contribution in [3.63, 3.8) is 0 Å². The zero-order valence-electron chi connectivity index (χ0n) is 11.4. The molecule has 112 valence electrons. The van der Waals surface area contributed by atoms with E-state index in [1.165, 1.54) is 11.0 Å². The molecule has 1 rings (SSSR count). The minimum atomic E-state index is -3.68. The number of rotatable bonds is 6. The number of hydrogen-bond acceptors (Lipinski definition) is 5. The Morgan fingerprint density at radius 1 is 1.25 bits per heavy atom. The van der Waals surface area contributed by atoms with E-state index in [0.29, 0.717) is 5.69 Å². The molecular formula is C11H19N5O3S. The maximum atomic E-state index is 12.1. The lowest BCUT2D eigenvalue weighted by atomic mass is 10.3. The first-order chi connectivity index (χ1) is 9.38. The quantitative estimate of drug-likeness (QED) is 0.322. The maximum absolute atomic E-state index is 12.1. The summed E-state index contributed by atoms with van der Waals surface area (Å²) in [6, 6.07) is 5.99. The molecule has 0 aliphatic heterocycles. The van der Waals surface area contributed by atoms with E-state index in [1.807, 2.05) is 0 Å². The number of benzene rings is 1. The van der Waals surface area contributed by atoms with Crippen molar-refractivity contribution in [3.8, 4) is 0 Å². The van der Waals surface area contributed by atoms with Crippen LogP contribution in [0.3, 0.4) is 0 Å². The third-order valence-electron chi connectivity index (χ3n) is 2.43. The molecule has 5 N–H and O–H groups in total. The monoisotopic (exact) mass is 301 g/mol. The molecule has 0 radical (unpaired) electrons. The number of hydrazine groups is 1. The van der Waals surface area contributed by atoms with Crippen molar-refractivity contribution in [2.24, 2.45) is 5.84 Å². The first kappa shape index (κ1) is 16.2. The maximum Gasteiger partial charge on any atom is 0.316 e. The van der Waals surface area contributed by atoms with Crippen molar-refractivity contribution in [2.45, 2.75) is 4.90 Å². The second-order valence-electron chi connectivity index (χ2n) is 4.16. The number of para-hydroxylation sites is 1. The number of sulfonamides is 1. The topological polar surface area (TPSA) is 117 Å². The van der Waals surface area contributed by atoms with Crippen LogP contribution in [0.25, 0.3) is 0 Å². The fourth-order valence-electron chi connectivity index (χ4n) is 1.41. The van der Waals surface area contributed by atoms with Gasteiger partial charge in [0.25, 0.3) is 0 Å². The lowest BCUT2D eigenvalue weighted by molar-refractivity contribution is 0.217. The van der Waals surface area contributed by atoms with Gasteiger partial charge in [0.2, 0.25) is 10.0 Å². The number of nitrogens with two attached hydrogens (primary N) is 1. The van der Waals surface area contributed by atoms with Crippen LogP contribution in [0.15, 0.2) is 29.2 Å². The number of urea groups is 1. The highest BCUT2D eigenvalue weighted by Gasteiger charge is 2.17. The van der Waals surface area contributed by atoms with Gasteiger partial charge in [-0.05, 0) is 12.1 Å². The van der Waals surface area contributed by atoms with E-state index < -0.39 is 10.0 Å². The second-order valence-corrected chi connectivity index (χ2v) is 5.90. The summed E-state index contributed by atoms with van der Waals surface area (Å²) in [7, 11) is -0.479. The van der Waals surface area contributed by atoms with Gasteiger partial charge in [0.1, 0.15) is 4.90 Å². The van der Waals surface area contributed by atoms with E-state index in [-0.39, 0.29) is 24.0 Å². The molecule has 0 aromatic heterocycles. The average molecular weight is 301 g/mol. The van der Waals surface area contributed by atoms with Crippen molar-refractivity contribution < 1.29 is 13.2 Å². The summed E-state index contributed by atoms with van der Waals surface area (Å²) >= 11 is 0. The number of nitrogen functional groups attached to an aromatic ring is 1. The van der Waals surface area contributed by atoms with Crippen molar-refractivity contribution in [2.75, 3.05) is 32.6 Å². The Morgan fingerprint density at radius 2 is 1.90 bits per heavy atom. The number of nitrogens with zero attached hydrogens (tertiary/aromatic N) is 1. The highest BCUT2D eigenvalue weighted by Crippen LogP contribution is 2.18. The number of carbonyl (C=O) groups is 1. The van der Waals surface area contributed by atoms with Gasteiger partial charge in [-0.3, -0.25) is 5.84 Å². The predicted molar refractivity (Wildman–Crippen MR) is 76.5 cm³/mol. The van der Waals surface area contributed by atoms with Crippen molar-refractivity contribution in [1.29, 1.82) is 0 Å². The molecule has 1 aromatic rings. The molecule has 0 fully saturated rings. The molecule has 0 atom stereocenters. The highest BCUT2D eigenvalue weighted by molar-refractivity contribution is 7.89. The van der Waals surface area contributed by atoms with E-state index in [1.54, 1.807) is 32.3 Å². The standard InChI is InChI=1S/C11H19N5O3S/c1-16(2)11(17)13-7-8-14-20(18,19)10-6-4-3-5-9(10)15-12/h3-6,14-15H,7-8,12H2,1-2H3,(H,13,17). The molecular weight excluding hydrogens is 282 g/mol. The zero-order chi connectivity index (χ0) is 15.2. The lowest BCUT2D eigenvalue weighted by Crippen LogP contribution is -2.39. The molecule has 0 bridgehead atoms. The van der Waals surface area contributed by atoms with E-state index in [2.05, 4.69) is 15.5 Å². The van der Waals surface area contributed by atoms with Crippen molar-refractivity contribution in [1.82, 2.24) is 14.9 Å². The molecule has 20 heavy (non-hydrogen) atoms. The highest BCUT2D eigenvalue weighted by atomic mass is 32.2. The van der Waals surface area contributed by atoms with Crippen LogP contribution >= 0.6 is 0 Å². The van der Waals surface area contributed by atoms with Crippen LogP contribution in [-0.2, 0) is 10.0 Å². The third kappa shape index (κ3) is 4.37. The van der Waals surface area contributed by atoms with Crippen molar-refractivity contribution in [3.05, 3.63) is 24.3 Å². The van der Waals surface area contributed by atoms with Crippen LogP contribution < -0.4 is 21.3 Å². The number of hydrogen-bond donors (Lipinski definition) is 4. The first-order valence-electron chi connectivity index (χ1n) is 5.89. The van der Waals surface area contributed by atoms with Gasteiger partial charge < -0.3 is 15.6 Å². The van der Waals surface area contributed by atoms with Crippen LogP contribution in [0.1, 0.15) is 0 Å². The smallest absolute Gasteiger partial charge is 0.316 e. The Balaban J connectivity index is 2.60. The molecule has 9 heteroatoms. The molecule has 0 aliphatic rings. The molecule has 1 aromatic carbocycles. The lowest BCUT2D eigenvalue weighted by Gasteiger charge is -2.13. The molecule has 0 spiro atoms. The van der Waals surface area contributed by atoms with Crippen LogP contribution in [0.5, 0.6) is 0 Å². The number of carbonyl (C=O) groups excluding carboxylic acids is 1. The summed E-state index contributed by atoms with van der Waals surface area (Å²) in [5, 5.41) is 2.55. The number of nitrogens with one attached hydrogen (secondary N) is 3. The Hall–Kier alpha value is -1.84. The van der Waals surface area contributed by atoms with E-state index in [0.717, 1.165) is 0 Å². The van der Waals surface area contributed by atoms with Gasteiger partial charge in [-0.2, -0.15) is 0 Å². The van der Waals surface area contributed by atoms with Gasteiger partial charge in [-0.15, -0.1) is 0 Å². The zero-order valence-corrected chi connectivity index (χ0v) is 12.2. The van der Waals surface area contributed by atoms with E-state index in [4.69, 9.17) is 5.84 Å². The fourth-order valence-corrected chi connectivity index (χ4v) is 2.61. The van der Waals surface area contributed by atoms with Crippen LogP contribution in [0.2, 0.25) is 0 Å². The summed E-state index contributed by atoms with van der Waals surface area (Å²) in [4.78, 5) is 12.7. The van der Waals surface area contributed by atoms with Gasteiger partial charge in [0.05, 0.1) is 5.69 Å². The van der Waals surface area contributed by atoms with Gasteiger partial charge in [-0.25, -0.2) is 17.9 Å². The minimum absolute atomic E-state index is 0.0569. The Kier molecular flexibility index (Phi) is 5.74. The first-order valence-corrected chi connectivity index (χ1v) is 7.37. The molecule has 0 aliphatic carbocycles. The van der Waals surface area contributed by atoms with Crippen molar-refractivity contribution >= 4 is 21.7 Å². The number of anilines is 1. The molecule has 0 heterocycles. The van der Waals surface area contributed by atoms with E-state index in [9.17, 15) is 13.2 Å². The summed E-state index contributed by atoms with van der Waals surface area (Å²) < 4.78 is 26.5. The largest absolute Gasteiger partial charge is 0.337 e. The van der Waals surface area contributed by atoms with Gasteiger partial charge >= 0.3 is 6.03 Å². The van der Waals surface area contributed by atoms with Crippen LogP contribution in [0.4, 0.5) is 10.5 Å². The average Bonchev–Trinajstić information content (AvgIpc) is 2.43. The molecule has 0 saturated carbocycles. The summed E-state index contributed by atoms with van der Waals surface area (Å²) in [5.74, 6) is 5.27. The second kappa shape index (κ2) is 7.08. The molecule has 2 amide bonds. The number of amides is 2. The molecule has 0 unspecified atom stereocenters. The van der Waals surface area contributed by atoms with Crippen LogP contribution in [0, 0.1) is 0 Å². The SMILES string of the molecule is CN(C)C(=O)NCCNS(=O)(=O)c1ccccc1NN. The summed E-state index contributed by atoms with van der Waals surface area (Å²) in [6.07, 6.45) is 0. The minimum Gasteiger partial charge on any atom is -0.337 e. The Morgan fingerprint density at radius 3 is 2.50 bits per heavy atom. The van der Waals surface area contributed by atoms with Gasteiger partial charge in [0, 0.05) is 27.2 Å².